The third-order valence-electron chi connectivity index (χ3n) is 6.40. The van der Waals surface area contributed by atoms with Crippen molar-refractivity contribution in [1.82, 2.24) is 9.62 Å². The van der Waals surface area contributed by atoms with Crippen LogP contribution in [0.3, 0.4) is 0 Å². The van der Waals surface area contributed by atoms with Gasteiger partial charge in [0.25, 0.3) is 0 Å². The van der Waals surface area contributed by atoms with E-state index in [2.05, 4.69) is 56.9 Å². The standard InChI is InChI=1S/C24H36N4O3S/c1-4-8-24(26-25-2)28-16-15-23(27-32(3,29)30)21(17-28)18-31-22-13-11-20(12-14-22)19-9-6-5-7-10-19/h4-10,20-23,27H,2,11-18H2,1,3H3/b8-4-,26-24+. The van der Waals surface area contributed by atoms with Crippen molar-refractivity contribution in [2.45, 2.75) is 57.1 Å². The Labute approximate surface area is 192 Å². The minimum Gasteiger partial charge on any atom is -0.378 e. The molecule has 3 rings (SSSR count). The maximum Gasteiger partial charge on any atom is 0.208 e. The van der Waals surface area contributed by atoms with Crippen LogP contribution >= 0.6 is 0 Å². The van der Waals surface area contributed by atoms with E-state index in [4.69, 9.17) is 4.74 Å². The number of rotatable bonds is 8. The van der Waals surface area contributed by atoms with Gasteiger partial charge < -0.3 is 9.64 Å². The first kappa shape index (κ1) is 24.6. The van der Waals surface area contributed by atoms with Gasteiger partial charge in [-0.05, 0) is 56.6 Å². The van der Waals surface area contributed by atoms with Gasteiger partial charge in [-0.3, -0.25) is 0 Å². The van der Waals surface area contributed by atoms with E-state index >= 15 is 0 Å². The molecule has 0 bridgehead atoms. The highest BCUT2D eigenvalue weighted by molar-refractivity contribution is 7.88. The lowest BCUT2D eigenvalue weighted by molar-refractivity contribution is -0.0107. The monoisotopic (exact) mass is 460 g/mol. The Morgan fingerprint density at radius 3 is 2.56 bits per heavy atom. The van der Waals surface area contributed by atoms with E-state index in [1.165, 1.54) is 11.8 Å². The van der Waals surface area contributed by atoms with E-state index in [-0.39, 0.29) is 18.1 Å². The second-order valence-corrected chi connectivity index (χ2v) is 10.6. The van der Waals surface area contributed by atoms with Crippen molar-refractivity contribution in [1.29, 1.82) is 0 Å². The average molecular weight is 461 g/mol. The minimum absolute atomic E-state index is 0.0330. The molecule has 1 heterocycles. The zero-order valence-electron chi connectivity index (χ0n) is 19.2. The highest BCUT2D eigenvalue weighted by atomic mass is 32.2. The number of allylic oxidation sites excluding steroid dienone is 1. The Morgan fingerprint density at radius 1 is 1.22 bits per heavy atom. The quantitative estimate of drug-likeness (QED) is 0.365. The molecule has 1 N–H and O–H groups in total. The summed E-state index contributed by atoms with van der Waals surface area (Å²) in [5.41, 5.74) is 1.41. The second kappa shape index (κ2) is 11.7. The molecule has 1 aliphatic carbocycles. The van der Waals surface area contributed by atoms with Crippen LogP contribution in [-0.2, 0) is 14.8 Å². The van der Waals surface area contributed by atoms with Crippen LogP contribution in [0, 0.1) is 5.92 Å². The molecule has 1 aromatic carbocycles. The van der Waals surface area contributed by atoms with E-state index in [1.54, 1.807) is 0 Å². The first-order chi connectivity index (χ1) is 15.4. The van der Waals surface area contributed by atoms with Crippen molar-refractivity contribution in [3.63, 3.8) is 0 Å². The lowest BCUT2D eigenvalue weighted by atomic mass is 9.82. The number of amidine groups is 1. The third kappa shape index (κ3) is 7.25. The molecule has 2 fully saturated rings. The van der Waals surface area contributed by atoms with E-state index in [0.717, 1.165) is 31.5 Å². The number of sulfonamides is 1. The van der Waals surface area contributed by atoms with Gasteiger partial charge in [0, 0.05) is 31.8 Å². The number of piperidine rings is 1. The number of ether oxygens (including phenoxy) is 1. The summed E-state index contributed by atoms with van der Waals surface area (Å²) in [6, 6.07) is 10.6. The molecule has 2 atom stereocenters. The molecule has 32 heavy (non-hydrogen) atoms. The summed E-state index contributed by atoms with van der Waals surface area (Å²) >= 11 is 0. The van der Waals surface area contributed by atoms with Gasteiger partial charge in [-0.1, -0.05) is 36.4 Å². The van der Waals surface area contributed by atoms with Gasteiger partial charge in [0.1, 0.15) is 0 Å². The van der Waals surface area contributed by atoms with Gasteiger partial charge in [0.15, 0.2) is 5.84 Å². The SMILES string of the molecule is C=N/N=C(\C=C/C)N1CCC(NS(C)(=O)=O)C(COC2CCC(c3ccccc3)CC2)C1. The molecule has 1 aliphatic heterocycles. The summed E-state index contributed by atoms with van der Waals surface area (Å²) in [7, 11) is -3.29. The highest BCUT2D eigenvalue weighted by Gasteiger charge is 2.33. The van der Waals surface area contributed by atoms with Gasteiger partial charge in [-0.15, -0.1) is 5.10 Å². The summed E-state index contributed by atoms with van der Waals surface area (Å²) in [5.74, 6) is 1.38. The van der Waals surface area contributed by atoms with Crippen molar-refractivity contribution in [3.8, 4) is 0 Å². The molecule has 2 unspecified atom stereocenters. The number of hydrogen-bond acceptors (Lipinski definition) is 5. The van der Waals surface area contributed by atoms with Crippen LogP contribution in [0.15, 0.2) is 52.7 Å². The largest absolute Gasteiger partial charge is 0.378 e. The molecule has 176 valence electrons. The van der Waals surface area contributed by atoms with Gasteiger partial charge in [-0.2, -0.15) is 5.10 Å². The minimum atomic E-state index is -3.29. The molecule has 2 aliphatic rings. The summed E-state index contributed by atoms with van der Waals surface area (Å²) in [6.45, 7) is 7.28. The summed E-state index contributed by atoms with van der Waals surface area (Å²) in [4.78, 5) is 2.13. The van der Waals surface area contributed by atoms with E-state index in [0.29, 0.717) is 32.0 Å². The normalized spacial score (nSPS) is 27.6. The van der Waals surface area contributed by atoms with Crippen LogP contribution in [0.5, 0.6) is 0 Å². The van der Waals surface area contributed by atoms with Crippen LogP contribution < -0.4 is 4.72 Å². The number of hydrogen-bond donors (Lipinski definition) is 1. The van der Waals surface area contributed by atoms with E-state index < -0.39 is 10.0 Å². The average Bonchev–Trinajstić information content (AvgIpc) is 2.78. The Kier molecular flexibility index (Phi) is 9.02. The number of benzene rings is 1. The summed E-state index contributed by atoms with van der Waals surface area (Å²) in [5, 5.41) is 7.84. The maximum atomic E-state index is 11.9. The van der Waals surface area contributed by atoms with Gasteiger partial charge in [0.05, 0.1) is 19.0 Å². The second-order valence-electron chi connectivity index (χ2n) is 8.81. The predicted octanol–water partition coefficient (Wildman–Crippen LogP) is 3.56. The first-order valence-corrected chi connectivity index (χ1v) is 13.3. The fourth-order valence-corrected chi connectivity index (χ4v) is 5.67. The van der Waals surface area contributed by atoms with Crippen molar-refractivity contribution in [2.75, 3.05) is 26.0 Å². The fourth-order valence-electron chi connectivity index (χ4n) is 4.81. The highest BCUT2D eigenvalue weighted by Crippen LogP contribution is 2.34. The predicted molar refractivity (Wildman–Crippen MR) is 131 cm³/mol. The molecule has 7 nitrogen and oxygen atoms in total. The molecule has 8 heteroatoms. The number of nitrogens with zero attached hydrogens (tertiary/aromatic N) is 3. The third-order valence-corrected chi connectivity index (χ3v) is 7.13. The van der Waals surface area contributed by atoms with Crippen LogP contribution in [0.1, 0.15) is 50.5 Å². The van der Waals surface area contributed by atoms with Gasteiger partial charge in [0.2, 0.25) is 10.0 Å². The molecule has 0 amide bonds. The van der Waals surface area contributed by atoms with E-state index in [9.17, 15) is 8.42 Å². The molecule has 0 aromatic heterocycles. The zero-order valence-corrected chi connectivity index (χ0v) is 20.0. The Hall–Kier alpha value is -2.03. The smallest absolute Gasteiger partial charge is 0.208 e. The Balaban J connectivity index is 1.60. The fraction of sp³-hybridized carbons (Fsp3) is 0.583. The van der Waals surface area contributed by atoms with Crippen LogP contribution in [0.4, 0.5) is 0 Å². The lowest BCUT2D eigenvalue weighted by Gasteiger charge is -2.40. The molecule has 0 radical (unpaired) electrons. The zero-order chi connectivity index (χ0) is 23.0. The van der Waals surface area contributed by atoms with Crippen LogP contribution in [0.25, 0.3) is 0 Å². The van der Waals surface area contributed by atoms with Crippen molar-refractivity contribution >= 4 is 22.6 Å². The van der Waals surface area contributed by atoms with Crippen molar-refractivity contribution in [3.05, 3.63) is 48.0 Å². The maximum absolute atomic E-state index is 11.9. The van der Waals surface area contributed by atoms with E-state index in [1.807, 2.05) is 19.1 Å². The van der Waals surface area contributed by atoms with Gasteiger partial charge in [-0.25, -0.2) is 13.1 Å². The van der Waals surface area contributed by atoms with Crippen molar-refractivity contribution in [2.24, 2.45) is 16.1 Å². The lowest BCUT2D eigenvalue weighted by Crippen LogP contribution is -2.53. The van der Waals surface area contributed by atoms with Crippen LogP contribution in [-0.4, -0.2) is 64.0 Å². The topological polar surface area (TPSA) is 83.4 Å². The molecule has 1 saturated heterocycles. The van der Waals surface area contributed by atoms with Crippen LogP contribution in [0.2, 0.25) is 0 Å². The summed E-state index contributed by atoms with van der Waals surface area (Å²) in [6.07, 6.45) is 10.3. The molecule has 0 spiro atoms. The number of likely N-dealkylation sites (tertiary alicyclic amines) is 1. The molecular formula is C24H36N4O3S. The Morgan fingerprint density at radius 2 is 1.94 bits per heavy atom. The van der Waals surface area contributed by atoms with Gasteiger partial charge >= 0.3 is 0 Å². The molecular weight excluding hydrogens is 424 g/mol. The first-order valence-electron chi connectivity index (χ1n) is 11.4. The Bertz CT molecular complexity index is 893. The van der Waals surface area contributed by atoms with Crippen molar-refractivity contribution < 1.29 is 13.2 Å². The molecule has 1 saturated carbocycles. The molecule has 1 aromatic rings. The summed E-state index contributed by atoms with van der Waals surface area (Å²) < 4.78 is 33.0. The number of nitrogens with one attached hydrogen (secondary N) is 1.